The molecule has 1 aliphatic carbocycles. The number of amides is 2. The molecule has 5 rings (SSSR count). The van der Waals surface area contributed by atoms with Gasteiger partial charge in [0.15, 0.2) is 0 Å². The maximum atomic E-state index is 12.9. The SMILES string of the molecule is COc1ccc(Oc2ncccc2NC(=O)c2ccc3c(c2)S(=O)(=O)N(C2CC2)C3=O)cc1. The molecule has 1 saturated carbocycles. The van der Waals surface area contributed by atoms with Crippen LogP contribution in [0.3, 0.4) is 0 Å². The fourth-order valence-corrected chi connectivity index (χ4v) is 5.42. The Kier molecular flexibility index (Phi) is 5.01. The van der Waals surface area contributed by atoms with E-state index in [9.17, 15) is 18.0 Å². The van der Waals surface area contributed by atoms with E-state index in [1.807, 2.05) is 0 Å². The number of hydrogen-bond acceptors (Lipinski definition) is 7. The van der Waals surface area contributed by atoms with Crippen LogP contribution in [-0.4, -0.2) is 42.7 Å². The molecule has 0 atom stereocenters. The molecule has 0 bridgehead atoms. The number of nitrogens with zero attached hydrogens (tertiary/aromatic N) is 2. The van der Waals surface area contributed by atoms with Crippen molar-refractivity contribution < 1.29 is 27.5 Å². The van der Waals surface area contributed by atoms with E-state index in [1.54, 1.807) is 43.5 Å². The molecular weight excluding hydrogens is 446 g/mol. The number of rotatable bonds is 6. The minimum absolute atomic E-state index is 0.0864. The Hall–Kier alpha value is -3.92. The number of carbonyl (C=O) groups excluding carboxylic acids is 2. The van der Waals surface area contributed by atoms with Crippen molar-refractivity contribution in [2.75, 3.05) is 12.4 Å². The predicted molar refractivity (Wildman–Crippen MR) is 118 cm³/mol. The van der Waals surface area contributed by atoms with Crippen LogP contribution >= 0.6 is 0 Å². The highest BCUT2D eigenvalue weighted by Crippen LogP contribution is 2.39. The predicted octanol–water partition coefficient (Wildman–Crippen LogP) is 3.44. The summed E-state index contributed by atoms with van der Waals surface area (Å²) in [5.74, 6) is 0.231. The standard InChI is InChI=1S/C23H19N3O6S/c1-31-16-7-9-17(10-8-16)32-22-19(3-2-12-24-22)25-21(27)14-4-11-18-20(13-14)33(29,30)26(23(18)28)15-5-6-15/h2-4,7-13,15H,5-6H2,1H3,(H,25,27). The van der Waals surface area contributed by atoms with Crippen molar-refractivity contribution in [2.24, 2.45) is 0 Å². The first-order valence-corrected chi connectivity index (χ1v) is 11.6. The van der Waals surface area contributed by atoms with Gasteiger partial charge >= 0.3 is 0 Å². The first-order valence-electron chi connectivity index (χ1n) is 10.2. The van der Waals surface area contributed by atoms with Crippen LogP contribution in [0.15, 0.2) is 65.7 Å². The van der Waals surface area contributed by atoms with Gasteiger partial charge in [-0.15, -0.1) is 0 Å². The lowest BCUT2D eigenvalue weighted by atomic mass is 10.1. The van der Waals surface area contributed by atoms with Crippen molar-refractivity contribution >= 4 is 27.5 Å². The van der Waals surface area contributed by atoms with Gasteiger partial charge < -0.3 is 14.8 Å². The van der Waals surface area contributed by atoms with E-state index in [4.69, 9.17) is 9.47 Å². The topological polar surface area (TPSA) is 115 Å². The molecule has 10 heteroatoms. The molecule has 2 aliphatic rings. The summed E-state index contributed by atoms with van der Waals surface area (Å²) < 4.78 is 37.5. The average molecular weight is 465 g/mol. The Morgan fingerprint density at radius 1 is 1.09 bits per heavy atom. The van der Waals surface area contributed by atoms with E-state index in [-0.39, 0.29) is 27.9 Å². The molecule has 0 radical (unpaired) electrons. The number of hydrogen-bond donors (Lipinski definition) is 1. The van der Waals surface area contributed by atoms with Gasteiger partial charge in [0.05, 0.1) is 12.7 Å². The van der Waals surface area contributed by atoms with Gasteiger partial charge in [0.1, 0.15) is 22.1 Å². The van der Waals surface area contributed by atoms with Crippen molar-refractivity contribution in [3.8, 4) is 17.4 Å². The summed E-state index contributed by atoms with van der Waals surface area (Å²) >= 11 is 0. The minimum atomic E-state index is -3.96. The number of fused-ring (bicyclic) bond motifs is 1. The number of benzene rings is 2. The maximum absolute atomic E-state index is 12.9. The van der Waals surface area contributed by atoms with Gasteiger partial charge in [-0.2, -0.15) is 0 Å². The number of methoxy groups -OCH3 is 1. The van der Waals surface area contributed by atoms with Crippen molar-refractivity contribution in [1.29, 1.82) is 0 Å². The summed E-state index contributed by atoms with van der Waals surface area (Å²) in [5, 5.41) is 2.70. The zero-order valence-electron chi connectivity index (χ0n) is 17.5. The van der Waals surface area contributed by atoms with Crippen LogP contribution in [0.2, 0.25) is 0 Å². The third-order valence-electron chi connectivity index (χ3n) is 5.38. The van der Waals surface area contributed by atoms with Gasteiger partial charge in [0, 0.05) is 17.8 Å². The molecule has 0 unspecified atom stereocenters. The second-order valence-corrected chi connectivity index (χ2v) is 9.42. The zero-order chi connectivity index (χ0) is 23.2. The minimum Gasteiger partial charge on any atom is -0.497 e. The summed E-state index contributed by atoms with van der Waals surface area (Å²) in [6.45, 7) is 0. The number of nitrogens with one attached hydrogen (secondary N) is 1. The average Bonchev–Trinajstić information content (AvgIpc) is 3.62. The summed E-state index contributed by atoms with van der Waals surface area (Å²) in [4.78, 5) is 29.5. The van der Waals surface area contributed by atoms with Crippen LogP contribution in [0, 0.1) is 0 Å². The van der Waals surface area contributed by atoms with E-state index < -0.39 is 21.8 Å². The fraction of sp³-hybridized carbons (Fsp3) is 0.174. The second kappa shape index (κ2) is 7.89. The highest BCUT2D eigenvalue weighted by molar-refractivity contribution is 7.90. The van der Waals surface area contributed by atoms with Crippen molar-refractivity contribution in [3.63, 3.8) is 0 Å². The summed E-state index contributed by atoms with van der Waals surface area (Å²) in [6, 6.07) is 13.9. The van der Waals surface area contributed by atoms with E-state index in [2.05, 4.69) is 10.3 Å². The molecule has 0 spiro atoms. The molecule has 1 aromatic heterocycles. The second-order valence-electron chi connectivity index (χ2n) is 7.64. The van der Waals surface area contributed by atoms with Crippen LogP contribution in [0.4, 0.5) is 5.69 Å². The smallest absolute Gasteiger partial charge is 0.269 e. The molecule has 33 heavy (non-hydrogen) atoms. The Labute approximate surface area is 190 Å². The number of carbonyl (C=O) groups is 2. The highest BCUT2D eigenvalue weighted by atomic mass is 32.2. The van der Waals surface area contributed by atoms with Gasteiger partial charge in [-0.25, -0.2) is 17.7 Å². The summed E-state index contributed by atoms with van der Waals surface area (Å²) in [6.07, 6.45) is 2.84. The van der Waals surface area contributed by atoms with E-state index in [0.717, 1.165) is 4.31 Å². The van der Waals surface area contributed by atoms with Gasteiger partial charge in [0.25, 0.3) is 21.8 Å². The van der Waals surface area contributed by atoms with Crippen molar-refractivity contribution in [1.82, 2.24) is 9.29 Å². The van der Waals surface area contributed by atoms with Crippen LogP contribution in [-0.2, 0) is 10.0 Å². The van der Waals surface area contributed by atoms with E-state index in [0.29, 0.717) is 30.0 Å². The van der Waals surface area contributed by atoms with E-state index in [1.165, 1.54) is 24.4 Å². The Bertz CT molecular complexity index is 1370. The zero-order valence-corrected chi connectivity index (χ0v) is 18.3. The first-order chi connectivity index (χ1) is 15.9. The Morgan fingerprint density at radius 2 is 1.82 bits per heavy atom. The molecular formula is C23H19N3O6S. The van der Waals surface area contributed by atoms with Gasteiger partial charge in [-0.1, -0.05) is 0 Å². The quantitative estimate of drug-likeness (QED) is 0.593. The molecule has 2 aromatic carbocycles. The van der Waals surface area contributed by atoms with Gasteiger partial charge in [0.2, 0.25) is 5.88 Å². The number of anilines is 1. The Morgan fingerprint density at radius 3 is 2.52 bits per heavy atom. The maximum Gasteiger partial charge on any atom is 0.269 e. The third-order valence-corrected chi connectivity index (χ3v) is 7.26. The van der Waals surface area contributed by atoms with Crippen molar-refractivity contribution in [3.05, 3.63) is 71.9 Å². The molecule has 1 aliphatic heterocycles. The molecule has 2 heterocycles. The molecule has 0 saturated heterocycles. The normalized spacial score (nSPS) is 16.3. The van der Waals surface area contributed by atoms with Gasteiger partial charge in [-0.3, -0.25) is 9.59 Å². The number of pyridine rings is 1. The lowest BCUT2D eigenvalue weighted by Crippen LogP contribution is -2.31. The molecule has 3 aromatic rings. The largest absolute Gasteiger partial charge is 0.497 e. The van der Waals surface area contributed by atoms with Crippen LogP contribution in [0.1, 0.15) is 33.6 Å². The fourth-order valence-electron chi connectivity index (χ4n) is 3.58. The van der Waals surface area contributed by atoms with Crippen LogP contribution < -0.4 is 14.8 Å². The first kappa shape index (κ1) is 21.0. The lowest BCUT2D eigenvalue weighted by molar-refractivity contribution is 0.0864. The number of sulfonamides is 1. The van der Waals surface area contributed by atoms with Crippen molar-refractivity contribution in [2.45, 2.75) is 23.8 Å². The van der Waals surface area contributed by atoms with Gasteiger partial charge in [-0.05, 0) is 67.4 Å². The Balaban J connectivity index is 1.39. The summed E-state index contributed by atoms with van der Waals surface area (Å²) in [7, 11) is -2.40. The van der Waals surface area contributed by atoms with E-state index >= 15 is 0 Å². The van der Waals surface area contributed by atoms with Crippen LogP contribution in [0.25, 0.3) is 0 Å². The molecule has 1 N–H and O–H groups in total. The number of aromatic nitrogens is 1. The monoisotopic (exact) mass is 465 g/mol. The molecule has 2 amide bonds. The summed E-state index contributed by atoms with van der Waals surface area (Å²) in [5.41, 5.74) is 0.489. The molecule has 168 valence electrons. The highest BCUT2D eigenvalue weighted by Gasteiger charge is 2.48. The lowest BCUT2D eigenvalue weighted by Gasteiger charge is -2.13. The van der Waals surface area contributed by atoms with Crippen LogP contribution in [0.5, 0.6) is 17.4 Å². The third kappa shape index (κ3) is 3.78. The number of ether oxygens (including phenoxy) is 2. The molecule has 9 nitrogen and oxygen atoms in total. The molecule has 1 fully saturated rings.